The molecular formula is C27H28N4O3S. The minimum atomic E-state index is -0.558. The first kappa shape index (κ1) is 23.4. The van der Waals surface area contributed by atoms with Crippen molar-refractivity contribution in [2.75, 3.05) is 6.61 Å². The summed E-state index contributed by atoms with van der Waals surface area (Å²) in [5.41, 5.74) is 3.67. The first-order chi connectivity index (χ1) is 17.1. The van der Waals surface area contributed by atoms with Crippen molar-refractivity contribution in [3.05, 3.63) is 65.9 Å². The monoisotopic (exact) mass is 488 g/mol. The van der Waals surface area contributed by atoms with E-state index in [4.69, 9.17) is 14.7 Å². The van der Waals surface area contributed by atoms with Crippen LogP contribution in [0.5, 0.6) is 0 Å². The van der Waals surface area contributed by atoms with Crippen LogP contribution >= 0.6 is 11.8 Å². The third-order valence-electron chi connectivity index (χ3n) is 6.25. The van der Waals surface area contributed by atoms with Crippen molar-refractivity contribution in [3.63, 3.8) is 0 Å². The molecule has 0 saturated carbocycles. The van der Waals surface area contributed by atoms with Crippen LogP contribution in [0.25, 0.3) is 10.9 Å². The molecule has 0 aliphatic carbocycles. The number of amides is 1. The van der Waals surface area contributed by atoms with Crippen molar-refractivity contribution < 1.29 is 14.3 Å². The van der Waals surface area contributed by atoms with Crippen molar-refractivity contribution in [2.45, 2.75) is 50.8 Å². The smallest absolute Gasteiger partial charge is 0.319 e. The molecule has 0 radical (unpaired) electrons. The Balaban J connectivity index is 1.48. The second kappa shape index (κ2) is 10.1. The zero-order valence-corrected chi connectivity index (χ0v) is 20.7. The molecule has 3 aromatic rings. The van der Waals surface area contributed by atoms with Crippen LogP contribution < -0.4 is 0 Å². The summed E-state index contributed by atoms with van der Waals surface area (Å²) in [7, 11) is 0. The van der Waals surface area contributed by atoms with Gasteiger partial charge in [0.25, 0.3) is 5.91 Å². The van der Waals surface area contributed by atoms with Crippen LogP contribution in [0.15, 0.2) is 64.7 Å². The normalized spacial score (nSPS) is 17.6. The molecule has 0 saturated heterocycles. The molecule has 3 heterocycles. The van der Waals surface area contributed by atoms with Gasteiger partial charge in [-0.15, -0.1) is 0 Å². The lowest BCUT2D eigenvalue weighted by atomic mass is 10.1. The number of unbranched alkanes of at least 4 members (excludes halogenated alkanes) is 1. The quantitative estimate of drug-likeness (QED) is 0.440. The Hall–Kier alpha value is -3.39. The van der Waals surface area contributed by atoms with Gasteiger partial charge in [0.05, 0.1) is 12.3 Å². The number of carbonyl (C=O) groups is 2. The SMILES string of the molecule is CCCC[C@@H](SC1=Nc2ccccc2C2=N[C@@H](Cc3c[nH]c4ccccc34)C(=O)N12)C(=O)OCC. The molecule has 0 spiro atoms. The summed E-state index contributed by atoms with van der Waals surface area (Å²) in [4.78, 5) is 41.0. The van der Waals surface area contributed by atoms with Crippen molar-refractivity contribution in [3.8, 4) is 0 Å². The number of para-hydroxylation sites is 2. The van der Waals surface area contributed by atoms with E-state index in [1.807, 2.05) is 48.7 Å². The van der Waals surface area contributed by atoms with E-state index < -0.39 is 11.3 Å². The highest BCUT2D eigenvalue weighted by atomic mass is 32.2. The fraction of sp³-hybridized carbons (Fsp3) is 0.333. The first-order valence-electron chi connectivity index (χ1n) is 12.1. The minimum Gasteiger partial charge on any atom is -0.465 e. The summed E-state index contributed by atoms with van der Waals surface area (Å²) < 4.78 is 5.33. The Labute approximate surface area is 208 Å². The van der Waals surface area contributed by atoms with Gasteiger partial charge in [-0.3, -0.25) is 14.6 Å². The highest BCUT2D eigenvalue weighted by Gasteiger charge is 2.42. The number of aromatic nitrogens is 1. The van der Waals surface area contributed by atoms with E-state index in [2.05, 4.69) is 18.0 Å². The average molecular weight is 489 g/mol. The Morgan fingerprint density at radius 2 is 1.97 bits per heavy atom. The van der Waals surface area contributed by atoms with Gasteiger partial charge >= 0.3 is 5.97 Å². The van der Waals surface area contributed by atoms with Gasteiger partial charge in [0, 0.05) is 29.1 Å². The summed E-state index contributed by atoms with van der Waals surface area (Å²) in [5.74, 6) is 0.211. The largest absolute Gasteiger partial charge is 0.465 e. The number of nitrogens with zero attached hydrogens (tertiary/aromatic N) is 3. The standard InChI is InChI=1S/C27H28N4O3S/c1-3-5-14-23(26(33)34-4-2)35-27-30-21-13-9-7-11-19(21)24-29-22(25(32)31(24)27)15-17-16-28-20-12-8-6-10-18(17)20/h6-13,16,22-23,28H,3-5,14-15H2,1-2H3/t22-,23+/m0/s1. The van der Waals surface area contributed by atoms with Crippen LogP contribution in [-0.4, -0.2) is 50.7 Å². The number of aliphatic imine (C=N–C) groups is 2. The summed E-state index contributed by atoms with van der Waals surface area (Å²) in [6.07, 6.45) is 4.95. The molecule has 1 N–H and O–H groups in total. The molecule has 0 unspecified atom stereocenters. The predicted molar refractivity (Wildman–Crippen MR) is 140 cm³/mol. The number of carbonyl (C=O) groups excluding carboxylic acids is 2. The number of fused-ring (bicyclic) bond motifs is 4. The summed E-state index contributed by atoms with van der Waals surface area (Å²) >= 11 is 1.30. The van der Waals surface area contributed by atoms with Crippen LogP contribution in [0.1, 0.15) is 44.2 Å². The number of ether oxygens (including phenoxy) is 1. The third-order valence-corrected chi connectivity index (χ3v) is 7.45. The lowest BCUT2D eigenvalue weighted by molar-refractivity contribution is -0.142. The van der Waals surface area contributed by atoms with Crippen LogP contribution in [0.4, 0.5) is 5.69 Å². The number of rotatable bonds is 8. The summed E-state index contributed by atoms with van der Waals surface area (Å²) in [6, 6.07) is 15.2. The number of benzene rings is 2. The lowest BCUT2D eigenvalue weighted by Crippen LogP contribution is -2.42. The molecule has 180 valence electrons. The number of hydrogen-bond acceptors (Lipinski definition) is 6. The zero-order valence-electron chi connectivity index (χ0n) is 19.9. The van der Waals surface area contributed by atoms with E-state index in [9.17, 15) is 9.59 Å². The van der Waals surface area contributed by atoms with Crippen molar-refractivity contribution in [1.29, 1.82) is 0 Å². The summed E-state index contributed by atoms with van der Waals surface area (Å²) in [6.45, 7) is 4.21. The van der Waals surface area contributed by atoms with Gasteiger partial charge in [0.1, 0.15) is 17.1 Å². The zero-order chi connectivity index (χ0) is 24.4. The molecule has 1 amide bonds. The molecule has 1 aromatic heterocycles. The number of thioether (sulfide) groups is 1. The third kappa shape index (κ3) is 4.50. The van der Waals surface area contributed by atoms with E-state index in [-0.39, 0.29) is 11.9 Å². The number of nitrogens with one attached hydrogen (secondary N) is 1. The van der Waals surface area contributed by atoms with E-state index in [0.29, 0.717) is 30.5 Å². The molecule has 2 aliphatic rings. The van der Waals surface area contributed by atoms with E-state index in [0.717, 1.165) is 40.6 Å². The summed E-state index contributed by atoms with van der Waals surface area (Å²) in [5, 5.41) is 1.15. The second-order valence-corrected chi connectivity index (χ2v) is 9.79. The molecule has 0 bridgehead atoms. The number of esters is 1. The van der Waals surface area contributed by atoms with Gasteiger partial charge in [-0.25, -0.2) is 9.89 Å². The van der Waals surface area contributed by atoms with E-state index in [1.54, 1.807) is 11.8 Å². The maximum Gasteiger partial charge on any atom is 0.319 e. The second-order valence-electron chi connectivity index (χ2n) is 8.62. The van der Waals surface area contributed by atoms with Crippen LogP contribution in [0, 0.1) is 0 Å². The fourth-order valence-electron chi connectivity index (χ4n) is 4.50. The number of aromatic amines is 1. The first-order valence-corrected chi connectivity index (χ1v) is 13.0. The maximum atomic E-state index is 13.7. The average Bonchev–Trinajstić information content (AvgIpc) is 3.43. The Bertz CT molecular complexity index is 1330. The van der Waals surface area contributed by atoms with E-state index in [1.165, 1.54) is 11.8 Å². The van der Waals surface area contributed by atoms with Gasteiger partial charge in [-0.2, -0.15) is 0 Å². The lowest BCUT2D eigenvalue weighted by Gasteiger charge is -2.27. The molecule has 35 heavy (non-hydrogen) atoms. The molecule has 7 nitrogen and oxygen atoms in total. The molecule has 8 heteroatoms. The van der Waals surface area contributed by atoms with Gasteiger partial charge in [-0.05, 0) is 37.1 Å². The van der Waals surface area contributed by atoms with Crippen molar-refractivity contribution in [1.82, 2.24) is 9.88 Å². The molecule has 2 aromatic carbocycles. The molecule has 2 atom stereocenters. The van der Waals surface area contributed by atoms with Crippen LogP contribution in [-0.2, 0) is 20.7 Å². The molecule has 0 fully saturated rings. The fourth-order valence-corrected chi connectivity index (χ4v) is 5.64. The van der Waals surface area contributed by atoms with Gasteiger partial charge in [-0.1, -0.05) is 61.9 Å². The van der Waals surface area contributed by atoms with Crippen molar-refractivity contribution in [2.24, 2.45) is 9.98 Å². The molecule has 5 rings (SSSR count). The minimum absolute atomic E-state index is 0.121. The van der Waals surface area contributed by atoms with Gasteiger partial charge < -0.3 is 9.72 Å². The topological polar surface area (TPSA) is 87.1 Å². The molecule has 2 aliphatic heterocycles. The van der Waals surface area contributed by atoms with Crippen molar-refractivity contribution >= 4 is 51.2 Å². The predicted octanol–water partition coefficient (Wildman–Crippen LogP) is 5.22. The Morgan fingerprint density at radius 1 is 1.17 bits per heavy atom. The van der Waals surface area contributed by atoms with Crippen LogP contribution in [0.3, 0.4) is 0 Å². The van der Waals surface area contributed by atoms with Gasteiger partial charge in [0.15, 0.2) is 5.17 Å². The number of H-pyrrole nitrogens is 1. The van der Waals surface area contributed by atoms with E-state index >= 15 is 0 Å². The molecular weight excluding hydrogens is 460 g/mol. The van der Waals surface area contributed by atoms with Gasteiger partial charge in [0.2, 0.25) is 0 Å². The van der Waals surface area contributed by atoms with Crippen LogP contribution in [0.2, 0.25) is 0 Å². The number of hydrogen-bond donors (Lipinski definition) is 1. The number of amidine groups is 2. The highest BCUT2D eigenvalue weighted by Crippen LogP contribution is 2.36. The Morgan fingerprint density at radius 3 is 2.80 bits per heavy atom. The maximum absolute atomic E-state index is 13.7. The Kier molecular flexibility index (Phi) is 6.72. The highest BCUT2D eigenvalue weighted by molar-refractivity contribution is 8.15.